The van der Waals surface area contributed by atoms with Crippen molar-refractivity contribution in [1.82, 2.24) is 24.8 Å². The minimum absolute atomic E-state index is 0.0382. The molecular formula is C24H28N6O3. The van der Waals surface area contributed by atoms with E-state index < -0.39 is 0 Å². The molecule has 9 nitrogen and oxygen atoms in total. The number of hydrogen-bond donors (Lipinski definition) is 2. The van der Waals surface area contributed by atoms with Crippen LogP contribution in [0.25, 0.3) is 11.0 Å². The van der Waals surface area contributed by atoms with Crippen molar-refractivity contribution in [2.75, 3.05) is 31.6 Å². The van der Waals surface area contributed by atoms with Crippen molar-refractivity contribution in [2.45, 2.75) is 38.9 Å². The third kappa shape index (κ3) is 4.89. The predicted octanol–water partition coefficient (Wildman–Crippen LogP) is 1.69. The Kier molecular flexibility index (Phi) is 6.06. The van der Waals surface area contributed by atoms with E-state index in [1.165, 1.54) is 6.20 Å². The Morgan fingerprint density at radius 2 is 2.00 bits per heavy atom. The molecule has 1 amide bonds. The quantitative estimate of drug-likeness (QED) is 0.592. The lowest BCUT2D eigenvalue weighted by Crippen LogP contribution is -2.43. The van der Waals surface area contributed by atoms with Gasteiger partial charge >= 0.3 is 0 Å². The van der Waals surface area contributed by atoms with Crippen molar-refractivity contribution in [3.05, 3.63) is 58.1 Å². The molecule has 172 valence electrons. The van der Waals surface area contributed by atoms with Crippen LogP contribution in [0.4, 0.5) is 5.82 Å². The number of benzene rings is 1. The van der Waals surface area contributed by atoms with Gasteiger partial charge in [-0.1, -0.05) is 6.07 Å². The molecule has 9 heteroatoms. The van der Waals surface area contributed by atoms with Gasteiger partial charge in [0.25, 0.3) is 11.5 Å². The first kappa shape index (κ1) is 21.5. The molecular weight excluding hydrogens is 420 g/mol. The van der Waals surface area contributed by atoms with Crippen molar-refractivity contribution in [2.24, 2.45) is 0 Å². The Morgan fingerprint density at radius 1 is 1.15 bits per heavy atom. The van der Waals surface area contributed by atoms with Crippen molar-refractivity contribution < 1.29 is 9.53 Å². The minimum Gasteiger partial charge on any atom is -0.480 e. The lowest BCUT2D eigenvalue weighted by Gasteiger charge is -2.32. The van der Waals surface area contributed by atoms with E-state index >= 15 is 0 Å². The Hall–Kier alpha value is -3.30. The second-order valence-electron chi connectivity index (χ2n) is 8.72. The maximum Gasteiger partial charge on any atom is 0.269 e. The van der Waals surface area contributed by atoms with E-state index in [1.54, 1.807) is 0 Å². The van der Waals surface area contributed by atoms with E-state index in [-0.39, 0.29) is 18.1 Å². The van der Waals surface area contributed by atoms with Crippen molar-refractivity contribution in [3.8, 4) is 5.75 Å². The van der Waals surface area contributed by atoms with Crippen LogP contribution in [0.15, 0.2) is 41.3 Å². The summed E-state index contributed by atoms with van der Waals surface area (Å²) >= 11 is 0. The van der Waals surface area contributed by atoms with Gasteiger partial charge in [-0.2, -0.15) is 0 Å². The third-order valence-electron chi connectivity index (χ3n) is 6.33. The molecule has 1 saturated heterocycles. The lowest BCUT2D eigenvalue weighted by molar-refractivity contribution is -0.118. The number of ether oxygens (including phenoxy) is 1. The summed E-state index contributed by atoms with van der Waals surface area (Å²) in [5, 5.41) is 6.34. The number of carbonyl (C=O) groups is 1. The lowest BCUT2D eigenvalue weighted by atomic mass is 10.0. The largest absolute Gasteiger partial charge is 0.480 e. The smallest absolute Gasteiger partial charge is 0.269 e. The number of nitrogens with zero attached hydrogens (tertiary/aromatic N) is 4. The number of rotatable bonds is 6. The molecule has 0 bridgehead atoms. The first-order chi connectivity index (χ1) is 16.0. The van der Waals surface area contributed by atoms with Crippen LogP contribution in [0.3, 0.4) is 0 Å². The summed E-state index contributed by atoms with van der Waals surface area (Å²) in [5.41, 5.74) is 3.70. The molecule has 2 aromatic heterocycles. The van der Waals surface area contributed by atoms with E-state index in [0.717, 1.165) is 54.8 Å². The van der Waals surface area contributed by atoms with Gasteiger partial charge in [0.2, 0.25) is 0 Å². The monoisotopic (exact) mass is 448 g/mol. The van der Waals surface area contributed by atoms with Gasteiger partial charge < -0.3 is 24.8 Å². The molecule has 0 radical (unpaired) electrons. The fourth-order valence-electron chi connectivity index (χ4n) is 4.46. The molecule has 2 aliphatic rings. The van der Waals surface area contributed by atoms with Crippen LogP contribution in [-0.4, -0.2) is 57.6 Å². The van der Waals surface area contributed by atoms with Crippen LogP contribution in [0.5, 0.6) is 5.75 Å². The van der Waals surface area contributed by atoms with Gasteiger partial charge in [0.15, 0.2) is 18.2 Å². The molecule has 33 heavy (non-hydrogen) atoms. The number of likely N-dealkylation sites (tertiary alicyclic amines) is 1. The molecule has 0 spiro atoms. The van der Waals surface area contributed by atoms with Crippen molar-refractivity contribution in [3.63, 3.8) is 0 Å². The fraction of sp³-hybridized carbons (Fsp3) is 0.417. The number of carbonyl (C=O) groups excluding carboxylic acids is 1. The normalized spacial score (nSPS) is 16.9. The summed E-state index contributed by atoms with van der Waals surface area (Å²) in [7, 11) is 0. The SMILES string of the molecule is Cc1ccc2ncc(=O)n(CCN3CCC(NCc4ccc5c(n4)NC(=O)CO5)CC3)c2c1. The fourth-order valence-corrected chi connectivity index (χ4v) is 4.46. The zero-order valence-electron chi connectivity index (χ0n) is 18.7. The van der Waals surface area contributed by atoms with E-state index in [9.17, 15) is 9.59 Å². The molecule has 0 saturated carbocycles. The summed E-state index contributed by atoms with van der Waals surface area (Å²) < 4.78 is 7.20. The summed E-state index contributed by atoms with van der Waals surface area (Å²) in [6.45, 7) is 6.18. The van der Waals surface area contributed by atoms with Crippen LogP contribution >= 0.6 is 0 Å². The topological polar surface area (TPSA) is 101 Å². The highest BCUT2D eigenvalue weighted by Gasteiger charge is 2.20. The van der Waals surface area contributed by atoms with Gasteiger partial charge in [-0.05, 0) is 62.7 Å². The van der Waals surface area contributed by atoms with E-state index in [4.69, 9.17) is 4.74 Å². The Balaban J connectivity index is 1.13. The molecule has 1 fully saturated rings. The highest BCUT2D eigenvalue weighted by Crippen LogP contribution is 2.25. The number of amides is 1. The Labute approximate surface area is 191 Å². The van der Waals surface area contributed by atoms with Gasteiger partial charge in [0.1, 0.15) is 0 Å². The third-order valence-corrected chi connectivity index (χ3v) is 6.33. The number of pyridine rings is 1. The van der Waals surface area contributed by atoms with Crippen LogP contribution in [0.2, 0.25) is 0 Å². The van der Waals surface area contributed by atoms with Gasteiger partial charge in [0, 0.05) is 25.7 Å². The maximum atomic E-state index is 12.4. The van der Waals surface area contributed by atoms with Crippen LogP contribution in [-0.2, 0) is 17.9 Å². The number of piperidine rings is 1. The summed E-state index contributed by atoms with van der Waals surface area (Å²) in [6, 6.07) is 10.2. The van der Waals surface area contributed by atoms with E-state index in [2.05, 4.69) is 25.5 Å². The van der Waals surface area contributed by atoms with Gasteiger partial charge in [-0.25, -0.2) is 9.97 Å². The second kappa shape index (κ2) is 9.29. The molecule has 1 aromatic carbocycles. The number of fused-ring (bicyclic) bond motifs is 2. The average Bonchev–Trinajstić information content (AvgIpc) is 2.82. The number of anilines is 1. The molecule has 2 N–H and O–H groups in total. The number of hydrogen-bond acceptors (Lipinski definition) is 7. The molecule has 2 aliphatic heterocycles. The first-order valence-corrected chi connectivity index (χ1v) is 11.4. The minimum atomic E-state index is -0.176. The molecule has 0 atom stereocenters. The van der Waals surface area contributed by atoms with Crippen LogP contribution in [0, 0.1) is 6.92 Å². The zero-order chi connectivity index (χ0) is 22.8. The van der Waals surface area contributed by atoms with Gasteiger partial charge in [-0.3, -0.25) is 9.59 Å². The summed E-state index contributed by atoms with van der Waals surface area (Å²) in [6.07, 6.45) is 3.49. The molecule has 0 unspecified atom stereocenters. The van der Waals surface area contributed by atoms with Gasteiger partial charge in [0.05, 0.1) is 22.9 Å². The van der Waals surface area contributed by atoms with Crippen molar-refractivity contribution >= 4 is 22.8 Å². The number of aromatic nitrogens is 3. The molecule has 5 rings (SSSR count). The predicted molar refractivity (Wildman–Crippen MR) is 125 cm³/mol. The number of aryl methyl sites for hydroxylation is 1. The molecule has 3 aromatic rings. The zero-order valence-corrected chi connectivity index (χ0v) is 18.7. The Bertz CT molecular complexity index is 1230. The maximum absolute atomic E-state index is 12.4. The molecule has 4 heterocycles. The van der Waals surface area contributed by atoms with E-state index in [0.29, 0.717) is 30.7 Å². The van der Waals surface area contributed by atoms with Crippen molar-refractivity contribution in [1.29, 1.82) is 0 Å². The standard InChI is InChI=1S/C24H28N6O3/c1-16-2-4-19-20(12-16)30(23(32)14-26-19)11-10-29-8-6-17(7-9-29)25-13-18-3-5-21-24(27-18)28-22(31)15-33-21/h2-5,12,14,17,25H,6-11,13,15H2,1H3,(H,27,28,31). The first-order valence-electron chi connectivity index (χ1n) is 11.4. The second-order valence-corrected chi connectivity index (χ2v) is 8.72. The summed E-state index contributed by atoms with van der Waals surface area (Å²) in [4.78, 5) is 35.1. The highest BCUT2D eigenvalue weighted by atomic mass is 16.5. The number of nitrogens with one attached hydrogen (secondary N) is 2. The van der Waals surface area contributed by atoms with E-state index in [1.807, 2.05) is 41.8 Å². The van der Waals surface area contributed by atoms with Crippen LogP contribution < -0.4 is 20.9 Å². The van der Waals surface area contributed by atoms with Crippen LogP contribution in [0.1, 0.15) is 24.1 Å². The average molecular weight is 449 g/mol. The van der Waals surface area contributed by atoms with Gasteiger partial charge in [-0.15, -0.1) is 0 Å². The summed E-state index contributed by atoms with van der Waals surface area (Å²) in [5.74, 6) is 0.932. The highest BCUT2D eigenvalue weighted by molar-refractivity contribution is 5.94. The Morgan fingerprint density at radius 3 is 2.85 bits per heavy atom. The molecule has 0 aliphatic carbocycles.